The van der Waals surface area contributed by atoms with Gasteiger partial charge < -0.3 is 10.5 Å². The highest BCUT2D eigenvalue weighted by Crippen LogP contribution is 2.23. The first-order valence-corrected chi connectivity index (χ1v) is 5.04. The van der Waals surface area contributed by atoms with Gasteiger partial charge in [0.05, 0.1) is 6.20 Å². The number of nitrogens with two attached hydrogens (primary N) is 1. The van der Waals surface area contributed by atoms with E-state index in [4.69, 9.17) is 10.5 Å². The molecule has 1 aromatic heterocycles. The van der Waals surface area contributed by atoms with Crippen LogP contribution < -0.4 is 10.5 Å². The van der Waals surface area contributed by atoms with Crippen LogP contribution in [0.1, 0.15) is 18.6 Å². The first kappa shape index (κ1) is 10.4. The quantitative estimate of drug-likeness (QED) is 0.852. The Bertz CT molecular complexity index is 459. The molecule has 0 amide bonds. The first-order chi connectivity index (χ1) is 7.77. The highest BCUT2D eigenvalue weighted by Gasteiger charge is 2.09. The summed E-state index contributed by atoms with van der Waals surface area (Å²) in [5, 5.41) is 0. The molecular weight excluding hydrogens is 202 g/mol. The number of hydrogen-bond acceptors (Lipinski definition) is 4. The summed E-state index contributed by atoms with van der Waals surface area (Å²) in [7, 11) is 0. The minimum absolute atomic E-state index is 0.0848. The summed E-state index contributed by atoms with van der Waals surface area (Å²) in [6, 6.07) is 9.91. The lowest BCUT2D eigenvalue weighted by atomic mass is 10.1. The van der Waals surface area contributed by atoms with Crippen LogP contribution in [0, 0.1) is 0 Å². The Kier molecular flexibility index (Phi) is 3.00. The van der Waals surface area contributed by atoms with Crippen LogP contribution in [0.5, 0.6) is 5.88 Å². The van der Waals surface area contributed by atoms with Crippen molar-refractivity contribution >= 4 is 5.69 Å². The molecule has 1 aromatic carbocycles. The smallest absolute Gasteiger partial charge is 0.240 e. The predicted octanol–water partition coefficient (Wildman–Crippen LogP) is 2.20. The van der Waals surface area contributed by atoms with E-state index in [-0.39, 0.29) is 6.10 Å². The lowest BCUT2D eigenvalue weighted by molar-refractivity contribution is 0.218. The van der Waals surface area contributed by atoms with E-state index in [9.17, 15) is 0 Å². The molecule has 1 unspecified atom stereocenters. The van der Waals surface area contributed by atoms with Crippen molar-refractivity contribution in [1.29, 1.82) is 0 Å². The van der Waals surface area contributed by atoms with Gasteiger partial charge in [0.25, 0.3) is 0 Å². The molecule has 2 N–H and O–H groups in total. The second-order valence-corrected chi connectivity index (χ2v) is 3.45. The number of benzene rings is 1. The number of rotatable bonds is 3. The van der Waals surface area contributed by atoms with E-state index in [1.54, 1.807) is 0 Å². The topological polar surface area (TPSA) is 61.0 Å². The van der Waals surface area contributed by atoms with Gasteiger partial charge in [0.15, 0.2) is 0 Å². The van der Waals surface area contributed by atoms with Crippen molar-refractivity contribution in [3.05, 3.63) is 48.4 Å². The maximum absolute atomic E-state index is 5.70. The van der Waals surface area contributed by atoms with E-state index < -0.39 is 0 Å². The molecule has 0 saturated carbocycles. The van der Waals surface area contributed by atoms with Crippen LogP contribution in [0.25, 0.3) is 0 Å². The van der Waals surface area contributed by atoms with Gasteiger partial charge in [0.2, 0.25) is 5.88 Å². The van der Waals surface area contributed by atoms with Gasteiger partial charge in [-0.05, 0) is 12.5 Å². The summed E-state index contributed by atoms with van der Waals surface area (Å²) in [4.78, 5) is 7.79. The molecule has 2 aromatic rings. The molecule has 2 rings (SSSR count). The fourth-order valence-electron chi connectivity index (χ4n) is 1.39. The molecule has 0 aliphatic carbocycles. The highest BCUT2D eigenvalue weighted by molar-refractivity contribution is 5.45. The second kappa shape index (κ2) is 4.61. The summed E-state index contributed by atoms with van der Waals surface area (Å²) >= 11 is 0. The zero-order valence-corrected chi connectivity index (χ0v) is 9.00. The third-order valence-corrected chi connectivity index (χ3v) is 2.26. The van der Waals surface area contributed by atoms with Crippen LogP contribution in [0.2, 0.25) is 0 Å². The van der Waals surface area contributed by atoms with Gasteiger partial charge in [-0.25, -0.2) is 4.98 Å². The molecule has 0 aliphatic rings. The number of hydrogen-bond donors (Lipinski definition) is 1. The third-order valence-electron chi connectivity index (χ3n) is 2.26. The van der Waals surface area contributed by atoms with Gasteiger partial charge in [-0.3, -0.25) is 0 Å². The molecule has 0 radical (unpaired) electrons. The molecule has 4 nitrogen and oxygen atoms in total. The highest BCUT2D eigenvalue weighted by atomic mass is 16.5. The molecule has 1 atom stereocenters. The van der Waals surface area contributed by atoms with Crippen LogP contribution in [0.4, 0.5) is 5.69 Å². The summed E-state index contributed by atoms with van der Waals surface area (Å²) in [5.41, 5.74) is 7.23. The van der Waals surface area contributed by atoms with Crippen molar-refractivity contribution in [1.82, 2.24) is 9.97 Å². The average molecular weight is 215 g/mol. The predicted molar refractivity (Wildman–Crippen MR) is 61.9 cm³/mol. The molecule has 4 heteroatoms. The Balaban J connectivity index is 2.14. The minimum Gasteiger partial charge on any atom is -0.468 e. The van der Waals surface area contributed by atoms with E-state index in [0.29, 0.717) is 11.6 Å². The van der Waals surface area contributed by atoms with E-state index in [1.165, 1.54) is 12.5 Å². The van der Waals surface area contributed by atoms with Crippen LogP contribution in [0.15, 0.2) is 42.9 Å². The van der Waals surface area contributed by atoms with Gasteiger partial charge in [0.1, 0.15) is 18.1 Å². The fourth-order valence-corrected chi connectivity index (χ4v) is 1.39. The van der Waals surface area contributed by atoms with E-state index in [2.05, 4.69) is 9.97 Å². The normalized spacial score (nSPS) is 12.1. The number of aromatic nitrogens is 2. The van der Waals surface area contributed by atoms with Crippen molar-refractivity contribution in [3.8, 4) is 5.88 Å². The summed E-state index contributed by atoms with van der Waals surface area (Å²) in [5.74, 6) is 0.423. The minimum atomic E-state index is -0.0848. The number of nitrogen functional groups attached to an aromatic ring is 1. The fraction of sp³-hybridized carbons (Fsp3) is 0.167. The molecule has 16 heavy (non-hydrogen) atoms. The van der Waals surface area contributed by atoms with Gasteiger partial charge >= 0.3 is 0 Å². The summed E-state index contributed by atoms with van der Waals surface area (Å²) in [6.07, 6.45) is 2.86. The van der Waals surface area contributed by atoms with Gasteiger partial charge in [-0.15, -0.1) is 0 Å². The molecule has 0 fully saturated rings. The first-order valence-electron chi connectivity index (χ1n) is 5.04. The zero-order chi connectivity index (χ0) is 11.4. The molecule has 1 heterocycles. The molecule has 0 aliphatic heterocycles. The number of nitrogens with zero attached hydrogens (tertiary/aromatic N) is 2. The SMILES string of the molecule is CC(Oc1ncncc1N)c1ccccc1. The maximum atomic E-state index is 5.70. The van der Waals surface area contributed by atoms with Crippen molar-refractivity contribution in [2.45, 2.75) is 13.0 Å². The standard InChI is InChI=1S/C12H13N3O/c1-9(10-5-3-2-4-6-10)16-12-11(13)7-14-8-15-12/h2-9H,13H2,1H3. The Labute approximate surface area is 94.1 Å². The average Bonchev–Trinajstić information content (AvgIpc) is 2.33. The largest absolute Gasteiger partial charge is 0.468 e. The van der Waals surface area contributed by atoms with E-state index >= 15 is 0 Å². The van der Waals surface area contributed by atoms with Crippen LogP contribution in [-0.4, -0.2) is 9.97 Å². The lowest BCUT2D eigenvalue weighted by Crippen LogP contribution is -2.06. The third kappa shape index (κ3) is 2.28. The molecule has 0 bridgehead atoms. The van der Waals surface area contributed by atoms with Gasteiger partial charge in [-0.2, -0.15) is 4.98 Å². The van der Waals surface area contributed by atoms with Crippen molar-refractivity contribution in [2.75, 3.05) is 5.73 Å². The molecule has 0 spiro atoms. The van der Waals surface area contributed by atoms with E-state index in [1.807, 2.05) is 37.3 Å². The Morgan fingerprint density at radius 2 is 2.00 bits per heavy atom. The number of anilines is 1. The van der Waals surface area contributed by atoms with Crippen molar-refractivity contribution < 1.29 is 4.74 Å². The number of ether oxygens (including phenoxy) is 1. The molecule has 0 saturated heterocycles. The van der Waals surface area contributed by atoms with Crippen LogP contribution >= 0.6 is 0 Å². The Hall–Kier alpha value is -2.10. The van der Waals surface area contributed by atoms with Crippen LogP contribution in [-0.2, 0) is 0 Å². The van der Waals surface area contributed by atoms with Crippen molar-refractivity contribution in [2.24, 2.45) is 0 Å². The second-order valence-electron chi connectivity index (χ2n) is 3.45. The van der Waals surface area contributed by atoms with Crippen LogP contribution in [0.3, 0.4) is 0 Å². The Morgan fingerprint density at radius 1 is 1.25 bits per heavy atom. The van der Waals surface area contributed by atoms with E-state index in [0.717, 1.165) is 5.56 Å². The lowest BCUT2D eigenvalue weighted by Gasteiger charge is -2.14. The summed E-state index contributed by atoms with van der Waals surface area (Å²) < 4.78 is 5.66. The van der Waals surface area contributed by atoms with Gasteiger partial charge in [0, 0.05) is 0 Å². The monoisotopic (exact) mass is 215 g/mol. The Morgan fingerprint density at radius 3 is 2.69 bits per heavy atom. The summed E-state index contributed by atoms with van der Waals surface area (Å²) in [6.45, 7) is 1.96. The van der Waals surface area contributed by atoms with Crippen molar-refractivity contribution in [3.63, 3.8) is 0 Å². The van der Waals surface area contributed by atoms with Gasteiger partial charge in [-0.1, -0.05) is 30.3 Å². The zero-order valence-electron chi connectivity index (χ0n) is 9.00. The maximum Gasteiger partial charge on any atom is 0.240 e. The molecule has 82 valence electrons. The molecular formula is C12H13N3O.